The van der Waals surface area contributed by atoms with E-state index < -0.39 is 0 Å². The Balaban J connectivity index is 1.05. The molecule has 0 saturated carbocycles. The first-order valence-corrected chi connectivity index (χ1v) is 35.8. The molecule has 0 unspecified atom stereocenters. The molecule has 0 radical (unpaired) electrons. The van der Waals surface area contributed by atoms with E-state index in [1.54, 1.807) is 0 Å². The minimum absolute atomic E-state index is 0.170. The summed E-state index contributed by atoms with van der Waals surface area (Å²) >= 11 is 0. The van der Waals surface area contributed by atoms with Crippen LogP contribution in [0.3, 0.4) is 0 Å². The molecule has 0 spiro atoms. The normalized spacial score (nSPS) is 12.8. The Morgan fingerprint density at radius 1 is 0.257 bits per heavy atom. The van der Waals surface area contributed by atoms with E-state index >= 15 is 0 Å². The Morgan fingerprint density at radius 3 is 0.941 bits per heavy atom. The van der Waals surface area contributed by atoms with Crippen molar-refractivity contribution in [1.82, 2.24) is 4.57 Å². The van der Waals surface area contributed by atoms with Gasteiger partial charge in [-0.3, -0.25) is 0 Å². The van der Waals surface area contributed by atoms with Crippen LogP contribution in [0.5, 0.6) is 0 Å². The maximum absolute atomic E-state index is 2.74. The molecule has 2 aliphatic rings. The molecule has 17 rings (SSSR count). The molecule has 0 aliphatic carbocycles. The highest BCUT2D eigenvalue weighted by Gasteiger charge is 2.47. The van der Waals surface area contributed by atoms with Crippen molar-refractivity contribution in [2.24, 2.45) is 0 Å². The van der Waals surface area contributed by atoms with Crippen molar-refractivity contribution in [3.63, 3.8) is 0 Å². The molecule has 0 amide bonds. The minimum Gasteiger partial charge on any atom is -0.310 e. The first-order valence-electron chi connectivity index (χ1n) is 35.8. The summed E-state index contributed by atoms with van der Waals surface area (Å²) in [6, 6.07) is 120. The van der Waals surface area contributed by atoms with Crippen LogP contribution < -0.4 is 26.2 Å². The van der Waals surface area contributed by atoms with E-state index in [2.05, 4.69) is 399 Å². The smallest absolute Gasteiger partial charge is 0.252 e. The molecule has 1 aromatic heterocycles. The van der Waals surface area contributed by atoms with E-state index in [1.807, 2.05) is 0 Å². The molecule has 101 heavy (non-hydrogen) atoms. The van der Waals surface area contributed by atoms with Gasteiger partial charge in [0.15, 0.2) is 0 Å². The Labute approximate surface area is 596 Å². The van der Waals surface area contributed by atoms with Gasteiger partial charge in [-0.05, 0) is 196 Å². The summed E-state index contributed by atoms with van der Waals surface area (Å²) in [7, 11) is 0. The van der Waals surface area contributed by atoms with Gasteiger partial charge in [0.05, 0.1) is 22.4 Å². The Bertz CT molecular complexity index is 5460. The quantitative estimate of drug-likeness (QED) is 0.126. The molecule has 3 nitrogen and oxygen atoms in total. The third-order valence-corrected chi connectivity index (χ3v) is 21.3. The van der Waals surface area contributed by atoms with E-state index in [4.69, 9.17) is 0 Å². The van der Waals surface area contributed by atoms with E-state index in [1.165, 1.54) is 128 Å². The molecule has 488 valence electrons. The fraction of sp³-hybridized carbons (Fsp3) is 0.134. The molecule has 0 saturated heterocycles. The van der Waals surface area contributed by atoms with Crippen molar-refractivity contribution in [3.8, 4) is 83.6 Å². The third-order valence-electron chi connectivity index (χ3n) is 21.3. The molecular weight excluding hydrogens is 1220 g/mol. The van der Waals surface area contributed by atoms with Gasteiger partial charge in [0.25, 0.3) is 6.71 Å². The Kier molecular flexibility index (Phi) is 15.3. The molecule has 0 N–H and O–H groups in total. The molecule has 15 aromatic rings. The lowest BCUT2D eigenvalue weighted by Crippen LogP contribution is -2.61. The van der Waals surface area contributed by atoms with Crippen LogP contribution >= 0.6 is 0 Å². The van der Waals surface area contributed by atoms with E-state index in [9.17, 15) is 0 Å². The van der Waals surface area contributed by atoms with Crippen molar-refractivity contribution < 1.29 is 0 Å². The fourth-order valence-electron chi connectivity index (χ4n) is 16.0. The molecule has 14 aromatic carbocycles. The number of hydrogen-bond acceptors (Lipinski definition) is 2. The van der Waals surface area contributed by atoms with Crippen LogP contribution in [0.25, 0.3) is 105 Å². The molecule has 0 fully saturated rings. The number of aryl methyl sites for hydroxylation is 1. The monoisotopic (exact) mass is 1300 g/mol. The van der Waals surface area contributed by atoms with Crippen LogP contribution in [-0.2, 0) is 16.2 Å². The van der Waals surface area contributed by atoms with Crippen LogP contribution in [0.15, 0.2) is 315 Å². The zero-order valence-corrected chi connectivity index (χ0v) is 59.4. The first-order chi connectivity index (χ1) is 48.9. The van der Waals surface area contributed by atoms with Crippen molar-refractivity contribution in [2.45, 2.75) is 85.5 Å². The molecule has 3 heterocycles. The molecule has 2 aliphatic heterocycles. The van der Waals surface area contributed by atoms with Gasteiger partial charge in [-0.2, -0.15) is 0 Å². The number of aromatic nitrogens is 1. The van der Waals surface area contributed by atoms with Crippen molar-refractivity contribution in [2.75, 3.05) is 9.80 Å². The average molecular weight is 1300 g/mol. The van der Waals surface area contributed by atoms with Crippen molar-refractivity contribution in [1.29, 1.82) is 0 Å². The topological polar surface area (TPSA) is 11.4 Å². The SMILES string of the molecule is Cc1cc2c(cc1-c1ccccc1)B1c3ccc(-n4c5ccc(-c6ccccc6)cc5c5cc(-c6ccccc6)ccc54)cc3N(c3c(-c4ccccc4)cc(C(C)(C)C)cc3-c3ccccc3)c3cc(C(C)(C)C)cc(c31)N2c1c(-c2ccccc2)cc(C(C)(C)C)cc1-c1ccccc1. The lowest BCUT2D eigenvalue weighted by Gasteiger charge is -2.47. The van der Waals surface area contributed by atoms with Crippen LogP contribution in [0.2, 0.25) is 0 Å². The summed E-state index contributed by atoms with van der Waals surface area (Å²) in [6.07, 6.45) is 0. The van der Waals surface area contributed by atoms with Crippen molar-refractivity contribution >= 4 is 79.0 Å². The summed E-state index contributed by atoms with van der Waals surface area (Å²) in [5.74, 6) is 0. The molecule has 0 bridgehead atoms. The second-order valence-electron chi connectivity index (χ2n) is 31.0. The molecule has 4 heteroatoms. The lowest BCUT2D eigenvalue weighted by atomic mass is 9.33. The Morgan fingerprint density at radius 2 is 0.584 bits per heavy atom. The van der Waals surface area contributed by atoms with Crippen LogP contribution in [0.1, 0.15) is 84.6 Å². The average Bonchev–Trinajstić information content (AvgIpc) is 0.908. The lowest BCUT2D eigenvalue weighted by molar-refractivity contribution is 0.590. The number of fused-ring (bicyclic) bond motifs is 7. The third kappa shape index (κ3) is 11.0. The summed E-state index contributed by atoms with van der Waals surface area (Å²) in [6.45, 7) is 23.4. The van der Waals surface area contributed by atoms with Gasteiger partial charge in [-0.1, -0.05) is 299 Å². The fourth-order valence-corrected chi connectivity index (χ4v) is 16.0. The predicted octanol–water partition coefficient (Wildman–Crippen LogP) is 24.7. The van der Waals surface area contributed by atoms with E-state index in [0.717, 1.165) is 50.6 Å². The molecule has 0 atom stereocenters. The van der Waals surface area contributed by atoms with Crippen LogP contribution in [0, 0.1) is 6.92 Å². The molecular formula is C97H82BN3. The van der Waals surface area contributed by atoms with Crippen LogP contribution in [-0.4, -0.2) is 11.3 Å². The van der Waals surface area contributed by atoms with Gasteiger partial charge in [-0.15, -0.1) is 0 Å². The highest BCUT2D eigenvalue weighted by Crippen LogP contribution is 2.56. The predicted molar refractivity (Wildman–Crippen MR) is 434 cm³/mol. The summed E-state index contributed by atoms with van der Waals surface area (Å²) in [5, 5.41) is 2.42. The summed E-state index contributed by atoms with van der Waals surface area (Å²) in [5.41, 5.74) is 35.0. The maximum atomic E-state index is 2.74. The largest absolute Gasteiger partial charge is 0.310 e. The number of benzene rings is 14. The first kappa shape index (κ1) is 63.0. The van der Waals surface area contributed by atoms with E-state index in [-0.39, 0.29) is 23.0 Å². The summed E-state index contributed by atoms with van der Waals surface area (Å²) < 4.78 is 2.54. The number of nitrogens with zero attached hydrogens (tertiary/aromatic N) is 3. The summed E-state index contributed by atoms with van der Waals surface area (Å²) in [4.78, 5) is 5.46. The van der Waals surface area contributed by atoms with Gasteiger partial charge in [0.1, 0.15) is 0 Å². The van der Waals surface area contributed by atoms with Gasteiger partial charge < -0.3 is 14.4 Å². The van der Waals surface area contributed by atoms with Gasteiger partial charge >= 0.3 is 0 Å². The maximum Gasteiger partial charge on any atom is 0.252 e. The zero-order valence-electron chi connectivity index (χ0n) is 59.4. The van der Waals surface area contributed by atoms with Gasteiger partial charge in [0.2, 0.25) is 0 Å². The minimum atomic E-state index is -0.310. The second-order valence-corrected chi connectivity index (χ2v) is 31.0. The van der Waals surface area contributed by atoms with Crippen LogP contribution in [0.4, 0.5) is 34.1 Å². The standard InChI is InChI=1S/C97H82BN3/c1-63-52-88-85(62-77(63)66-36-22-13-23-37-66)98-84-49-48-76(99-86-50-46-71(64-32-18-11-19-33-64)53-82(86)83-54-72(47-51-87(83)99)65-34-20-12-21-35-65)61-89(84)101(94-80(69-42-28-16-29-43-69)57-74(96(5,6)7)58-81(94)70-44-30-17-31-45-70)91-60-75(97(8,9)10)59-90(92(91)98)100(88)93-78(67-38-24-14-25-39-67)55-73(95(2,3)4)56-79(93)68-40-26-15-27-41-68/h11-62H,1-10H3. The van der Waals surface area contributed by atoms with Gasteiger partial charge in [0, 0.05) is 61.5 Å². The number of hydrogen-bond donors (Lipinski definition) is 0. The zero-order chi connectivity index (χ0) is 69.1. The van der Waals surface area contributed by atoms with E-state index in [0.29, 0.717) is 0 Å². The van der Waals surface area contributed by atoms with Crippen molar-refractivity contribution in [3.05, 3.63) is 338 Å². The number of rotatable bonds is 10. The highest BCUT2D eigenvalue weighted by atomic mass is 15.2. The van der Waals surface area contributed by atoms with Gasteiger partial charge in [-0.25, -0.2) is 0 Å². The second kappa shape index (κ2) is 24.5. The number of anilines is 6. The highest BCUT2D eigenvalue weighted by molar-refractivity contribution is 7.00. The Hall–Kier alpha value is -11.5.